The van der Waals surface area contributed by atoms with Gasteiger partial charge in [0.05, 0.1) is 11.9 Å². The Morgan fingerprint density at radius 3 is 2.41 bits per heavy atom. The molecular formula is C12H25NO3S. The number of hydrogen-bond acceptors (Lipinski definition) is 3. The van der Waals surface area contributed by atoms with Crippen LogP contribution in [-0.4, -0.2) is 42.8 Å². The van der Waals surface area contributed by atoms with Crippen molar-refractivity contribution >= 4 is 10.0 Å². The molecule has 5 heteroatoms. The second-order valence-corrected chi connectivity index (χ2v) is 8.41. The quantitative estimate of drug-likeness (QED) is 0.838. The summed E-state index contributed by atoms with van der Waals surface area (Å²) in [5, 5.41) is 9.73. The fraction of sp³-hybridized carbons (Fsp3) is 1.00. The van der Waals surface area contributed by atoms with Crippen molar-refractivity contribution in [2.24, 2.45) is 11.3 Å². The third-order valence-corrected chi connectivity index (χ3v) is 5.22. The first kappa shape index (κ1) is 14.9. The summed E-state index contributed by atoms with van der Waals surface area (Å²) in [5.41, 5.74) is 0.0226. The molecule has 2 unspecified atom stereocenters. The molecule has 0 aliphatic carbocycles. The molecule has 1 fully saturated rings. The summed E-state index contributed by atoms with van der Waals surface area (Å²) in [6.45, 7) is 8.88. The molecule has 0 aromatic rings. The molecule has 0 saturated carbocycles. The maximum absolute atomic E-state index is 12.1. The minimum Gasteiger partial charge on any atom is -0.391 e. The number of sulfonamides is 1. The summed E-state index contributed by atoms with van der Waals surface area (Å²) >= 11 is 0. The van der Waals surface area contributed by atoms with E-state index >= 15 is 0 Å². The minimum atomic E-state index is -3.20. The first-order chi connectivity index (χ1) is 7.62. The lowest BCUT2D eigenvalue weighted by Crippen LogP contribution is -2.46. The summed E-state index contributed by atoms with van der Waals surface area (Å²) in [7, 11) is -3.20. The van der Waals surface area contributed by atoms with Crippen molar-refractivity contribution in [1.82, 2.24) is 4.31 Å². The van der Waals surface area contributed by atoms with Crippen LogP contribution >= 0.6 is 0 Å². The van der Waals surface area contributed by atoms with E-state index in [1.807, 2.05) is 27.7 Å². The van der Waals surface area contributed by atoms with Crippen LogP contribution in [0.4, 0.5) is 0 Å². The molecule has 0 aromatic carbocycles. The lowest BCUT2D eigenvalue weighted by molar-refractivity contribution is 0.0604. The van der Waals surface area contributed by atoms with Gasteiger partial charge in [-0.1, -0.05) is 27.7 Å². The van der Waals surface area contributed by atoms with E-state index in [1.54, 1.807) is 0 Å². The maximum Gasteiger partial charge on any atom is 0.214 e. The van der Waals surface area contributed by atoms with E-state index in [-0.39, 0.29) is 23.6 Å². The standard InChI is InChI=1S/C12H25NO3S/c1-10-5-7-13(9-11(10)14)17(15,16)8-6-12(2,3)4/h10-11,14H,5-9H2,1-4H3. The van der Waals surface area contributed by atoms with Gasteiger partial charge in [-0.3, -0.25) is 0 Å². The van der Waals surface area contributed by atoms with E-state index in [2.05, 4.69) is 0 Å². The molecule has 102 valence electrons. The van der Waals surface area contributed by atoms with E-state index in [0.717, 1.165) is 6.42 Å². The molecule has 1 heterocycles. The van der Waals surface area contributed by atoms with Crippen molar-refractivity contribution in [3.63, 3.8) is 0 Å². The molecule has 4 nitrogen and oxygen atoms in total. The molecule has 17 heavy (non-hydrogen) atoms. The van der Waals surface area contributed by atoms with Crippen molar-refractivity contribution in [2.75, 3.05) is 18.8 Å². The fourth-order valence-corrected chi connectivity index (χ4v) is 3.73. The SMILES string of the molecule is CC1CCN(S(=O)(=O)CCC(C)(C)C)CC1O. The summed E-state index contributed by atoms with van der Waals surface area (Å²) in [5.74, 6) is 0.376. The number of hydrogen-bond donors (Lipinski definition) is 1. The topological polar surface area (TPSA) is 57.6 Å². The zero-order valence-electron chi connectivity index (χ0n) is 11.3. The molecule has 0 aromatic heterocycles. The van der Waals surface area contributed by atoms with Gasteiger partial charge in [-0.05, 0) is 24.2 Å². The first-order valence-electron chi connectivity index (χ1n) is 6.28. The lowest BCUT2D eigenvalue weighted by Gasteiger charge is -2.34. The number of nitrogens with zero attached hydrogens (tertiary/aromatic N) is 1. The van der Waals surface area contributed by atoms with Crippen molar-refractivity contribution in [3.05, 3.63) is 0 Å². The highest BCUT2D eigenvalue weighted by atomic mass is 32.2. The van der Waals surface area contributed by atoms with E-state index in [9.17, 15) is 13.5 Å². The van der Waals surface area contributed by atoms with Gasteiger partial charge < -0.3 is 5.11 Å². The monoisotopic (exact) mass is 263 g/mol. The van der Waals surface area contributed by atoms with Crippen molar-refractivity contribution in [1.29, 1.82) is 0 Å². The summed E-state index contributed by atoms with van der Waals surface area (Å²) in [6, 6.07) is 0. The third-order valence-electron chi connectivity index (χ3n) is 3.38. The summed E-state index contributed by atoms with van der Waals surface area (Å²) < 4.78 is 25.6. The molecule has 0 spiro atoms. The van der Waals surface area contributed by atoms with Crippen LogP contribution in [0.5, 0.6) is 0 Å². The van der Waals surface area contributed by atoms with Gasteiger partial charge in [0.25, 0.3) is 0 Å². The Hall–Kier alpha value is -0.130. The Balaban J connectivity index is 2.59. The van der Waals surface area contributed by atoms with Crippen LogP contribution in [0.1, 0.15) is 40.5 Å². The number of piperidine rings is 1. The highest BCUT2D eigenvalue weighted by molar-refractivity contribution is 7.89. The maximum atomic E-state index is 12.1. The molecular weight excluding hydrogens is 238 g/mol. The van der Waals surface area contributed by atoms with Crippen molar-refractivity contribution in [2.45, 2.75) is 46.6 Å². The van der Waals surface area contributed by atoms with Gasteiger partial charge in [-0.2, -0.15) is 4.31 Å². The molecule has 0 bridgehead atoms. The number of rotatable bonds is 3. The van der Waals surface area contributed by atoms with Crippen LogP contribution in [-0.2, 0) is 10.0 Å². The molecule has 1 rings (SSSR count). The predicted octanol–water partition coefficient (Wildman–Crippen LogP) is 1.46. The molecule has 1 aliphatic heterocycles. The van der Waals surface area contributed by atoms with Gasteiger partial charge in [-0.25, -0.2) is 8.42 Å². The van der Waals surface area contributed by atoms with Gasteiger partial charge in [0.15, 0.2) is 0 Å². The molecule has 1 aliphatic rings. The largest absolute Gasteiger partial charge is 0.391 e. The Morgan fingerprint density at radius 1 is 1.35 bits per heavy atom. The van der Waals surface area contributed by atoms with Crippen molar-refractivity contribution in [3.8, 4) is 0 Å². The van der Waals surface area contributed by atoms with Crippen LogP contribution in [0.25, 0.3) is 0 Å². The van der Waals surface area contributed by atoms with E-state index in [0.29, 0.717) is 13.0 Å². The highest BCUT2D eigenvalue weighted by Crippen LogP contribution is 2.23. The van der Waals surface area contributed by atoms with Gasteiger partial charge in [0.2, 0.25) is 10.0 Å². The van der Waals surface area contributed by atoms with Crippen LogP contribution in [0.15, 0.2) is 0 Å². The Labute approximate surface area is 105 Å². The van der Waals surface area contributed by atoms with Gasteiger partial charge >= 0.3 is 0 Å². The zero-order chi connectivity index (χ0) is 13.3. The molecule has 0 amide bonds. The lowest BCUT2D eigenvalue weighted by atomic mass is 9.94. The predicted molar refractivity (Wildman–Crippen MR) is 69.2 cm³/mol. The normalized spacial score (nSPS) is 28.3. The molecule has 1 saturated heterocycles. The van der Waals surface area contributed by atoms with Gasteiger partial charge in [0, 0.05) is 13.1 Å². The molecule has 0 radical (unpaired) electrons. The second kappa shape index (κ2) is 5.24. The van der Waals surface area contributed by atoms with Gasteiger partial charge in [-0.15, -0.1) is 0 Å². The first-order valence-corrected chi connectivity index (χ1v) is 7.89. The molecule has 2 atom stereocenters. The molecule has 1 N–H and O–H groups in total. The Morgan fingerprint density at radius 2 is 1.94 bits per heavy atom. The fourth-order valence-electron chi connectivity index (χ4n) is 1.84. The van der Waals surface area contributed by atoms with Gasteiger partial charge in [0.1, 0.15) is 0 Å². The second-order valence-electron chi connectivity index (χ2n) is 6.32. The Bertz CT molecular complexity index is 345. The number of aliphatic hydroxyl groups is 1. The smallest absolute Gasteiger partial charge is 0.214 e. The van der Waals surface area contributed by atoms with E-state index in [1.165, 1.54) is 4.31 Å². The average molecular weight is 263 g/mol. The highest BCUT2D eigenvalue weighted by Gasteiger charge is 2.32. The van der Waals surface area contributed by atoms with E-state index < -0.39 is 16.1 Å². The van der Waals surface area contributed by atoms with Crippen LogP contribution < -0.4 is 0 Å². The minimum absolute atomic E-state index is 0.0226. The Kier molecular flexibility index (Phi) is 4.60. The van der Waals surface area contributed by atoms with Crippen molar-refractivity contribution < 1.29 is 13.5 Å². The van der Waals surface area contributed by atoms with Crippen LogP contribution in [0, 0.1) is 11.3 Å². The van der Waals surface area contributed by atoms with E-state index in [4.69, 9.17) is 0 Å². The van der Waals surface area contributed by atoms with Crippen LogP contribution in [0.3, 0.4) is 0 Å². The number of aliphatic hydroxyl groups excluding tert-OH is 1. The van der Waals surface area contributed by atoms with Crippen LogP contribution in [0.2, 0.25) is 0 Å². The summed E-state index contributed by atoms with van der Waals surface area (Å²) in [4.78, 5) is 0. The summed E-state index contributed by atoms with van der Waals surface area (Å²) in [6.07, 6.45) is 0.876. The zero-order valence-corrected chi connectivity index (χ0v) is 12.1. The third kappa shape index (κ3) is 4.56. The number of β-amino-alcohol motifs (C(OH)–C–C–N with tert-alkyl or cyclic N) is 1. The average Bonchev–Trinajstić information content (AvgIpc) is 2.18.